The smallest absolute Gasteiger partial charge is 0.323 e. The number of hydrogen-bond donors (Lipinski definition) is 1. The molecule has 1 aromatic carbocycles. The first-order valence-corrected chi connectivity index (χ1v) is 5.72. The van der Waals surface area contributed by atoms with Crippen LogP contribution in [0.4, 0.5) is 4.39 Å². The molecule has 0 radical (unpaired) electrons. The number of carboxylic acids is 1. The Hall–Kier alpha value is -2.11. The Morgan fingerprint density at radius 3 is 2.63 bits per heavy atom. The van der Waals surface area contributed by atoms with Crippen molar-refractivity contribution in [3.63, 3.8) is 0 Å². The lowest BCUT2D eigenvalue weighted by Gasteiger charge is -2.14. The first kappa shape index (κ1) is 14.9. The van der Waals surface area contributed by atoms with Gasteiger partial charge in [0.25, 0.3) is 0 Å². The van der Waals surface area contributed by atoms with Gasteiger partial charge >= 0.3 is 5.97 Å². The van der Waals surface area contributed by atoms with Crippen LogP contribution in [0.2, 0.25) is 0 Å². The summed E-state index contributed by atoms with van der Waals surface area (Å²) in [5.41, 5.74) is 0.401. The first-order valence-electron chi connectivity index (χ1n) is 5.72. The van der Waals surface area contributed by atoms with Gasteiger partial charge in [0.1, 0.15) is 18.1 Å². The number of likely N-dealkylation sites (N-methyl/N-ethyl adjacent to an activating group) is 1. The maximum atomic E-state index is 13.6. The summed E-state index contributed by atoms with van der Waals surface area (Å²) in [4.78, 5) is 23.1. The van der Waals surface area contributed by atoms with E-state index >= 15 is 0 Å². The van der Waals surface area contributed by atoms with Gasteiger partial charge in [0, 0.05) is 19.5 Å². The topological polar surface area (TPSA) is 66.8 Å². The van der Waals surface area contributed by atoms with E-state index in [1.165, 1.54) is 20.2 Å². The maximum Gasteiger partial charge on any atom is 0.323 e. The maximum absolute atomic E-state index is 13.6. The van der Waals surface area contributed by atoms with E-state index < -0.39 is 11.8 Å². The molecule has 0 aromatic heterocycles. The van der Waals surface area contributed by atoms with Gasteiger partial charge in [-0.15, -0.1) is 0 Å². The summed E-state index contributed by atoms with van der Waals surface area (Å²) in [6.07, 6.45) is 0.283. The number of carbonyl (C=O) groups is 2. The molecule has 5 nitrogen and oxygen atoms in total. The van der Waals surface area contributed by atoms with Crippen molar-refractivity contribution in [3.05, 3.63) is 29.6 Å². The van der Waals surface area contributed by atoms with Crippen LogP contribution in [-0.4, -0.2) is 42.6 Å². The number of hydrogen-bond acceptors (Lipinski definition) is 3. The van der Waals surface area contributed by atoms with Crippen LogP contribution in [0.25, 0.3) is 0 Å². The van der Waals surface area contributed by atoms with E-state index in [1.807, 2.05) is 0 Å². The molecule has 0 aliphatic rings. The number of halogens is 1. The van der Waals surface area contributed by atoms with Gasteiger partial charge in [-0.2, -0.15) is 0 Å². The molecule has 0 spiro atoms. The molecule has 0 atom stereocenters. The second kappa shape index (κ2) is 6.72. The highest BCUT2D eigenvalue weighted by molar-refractivity contribution is 5.81. The molecule has 0 bridgehead atoms. The number of carbonyl (C=O) groups excluding carboxylic acids is 1. The van der Waals surface area contributed by atoms with Crippen LogP contribution in [0.3, 0.4) is 0 Å². The van der Waals surface area contributed by atoms with E-state index in [4.69, 9.17) is 9.84 Å². The molecule has 0 saturated carbocycles. The lowest BCUT2D eigenvalue weighted by atomic mass is 10.1. The highest BCUT2D eigenvalue weighted by Gasteiger charge is 2.13. The predicted molar refractivity (Wildman–Crippen MR) is 66.5 cm³/mol. The number of ether oxygens (including phenoxy) is 1. The van der Waals surface area contributed by atoms with Gasteiger partial charge in [0.2, 0.25) is 5.91 Å². The van der Waals surface area contributed by atoms with Crippen LogP contribution in [0.15, 0.2) is 18.2 Å². The Morgan fingerprint density at radius 1 is 1.42 bits per heavy atom. The van der Waals surface area contributed by atoms with E-state index in [0.29, 0.717) is 11.3 Å². The largest absolute Gasteiger partial charge is 0.497 e. The quantitative estimate of drug-likeness (QED) is 0.845. The zero-order chi connectivity index (χ0) is 14.4. The van der Waals surface area contributed by atoms with Gasteiger partial charge in [0.15, 0.2) is 0 Å². The van der Waals surface area contributed by atoms with E-state index in [2.05, 4.69) is 0 Å². The number of amides is 1. The molecule has 1 amide bonds. The standard InChI is InChI=1S/C13H16FNO4/c1-15(8-13(17)18)12(16)6-4-9-3-5-10(19-2)7-11(9)14/h3,5,7H,4,6,8H2,1-2H3,(H,17,18). The molecule has 1 N–H and O–H groups in total. The van der Waals surface area contributed by atoms with Crippen molar-refractivity contribution in [1.82, 2.24) is 4.90 Å². The zero-order valence-corrected chi connectivity index (χ0v) is 10.9. The van der Waals surface area contributed by atoms with E-state index in [0.717, 1.165) is 4.90 Å². The lowest BCUT2D eigenvalue weighted by molar-refractivity contribution is -0.143. The predicted octanol–water partition coefficient (Wildman–Crippen LogP) is 1.31. The molecule has 0 saturated heterocycles. The Kier molecular flexibility index (Phi) is 5.29. The summed E-state index contributed by atoms with van der Waals surface area (Å²) >= 11 is 0. The summed E-state index contributed by atoms with van der Waals surface area (Å²) in [6.45, 7) is -0.357. The van der Waals surface area contributed by atoms with E-state index in [9.17, 15) is 14.0 Å². The molecule has 6 heteroatoms. The van der Waals surface area contributed by atoms with Gasteiger partial charge in [0.05, 0.1) is 7.11 Å². The summed E-state index contributed by atoms with van der Waals surface area (Å²) < 4.78 is 18.5. The fraction of sp³-hybridized carbons (Fsp3) is 0.385. The molecule has 0 aliphatic carbocycles. The first-order chi connectivity index (χ1) is 8.93. The van der Waals surface area contributed by atoms with Gasteiger partial charge < -0.3 is 14.7 Å². The van der Waals surface area contributed by atoms with Crippen LogP contribution >= 0.6 is 0 Å². The third-order valence-electron chi connectivity index (χ3n) is 2.67. The number of nitrogens with zero attached hydrogens (tertiary/aromatic N) is 1. The Balaban J connectivity index is 2.57. The van der Waals surface area contributed by atoms with E-state index in [-0.39, 0.29) is 25.3 Å². The van der Waals surface area contributed by atoms with Crippen LogP contribution < -0.4 is 4.74 Å². The van der Waals surface area contributed by atoms with Crippen LogP contribution in [0.5, 0.6) is 5.75 Å². The van der Waals surface area contributed by atoms with Gasteiger partial charge in [-0.05, 0) is 18.1 Å². The van der Waals surface area contributed by atoms with Gasteiger partial charge in [-0.25, -0.2) is 4.39 Å². The summed E-state index contributed by atoms with van der Waals surface area (Å²) in [6, 6.07) is 4.42. The van der Waals surface area contributed by atoms with Crippen LogP contribution in [0, 0.1) is 5.82 Å². The van der Waals surface area contributed by atoms with Crippen LogP contribution in [0.1, 0.15) is 12.0 Å². The third-order valence-corrected chi connectivity index (χ3v) is 2.67. The molecule has 104 valence electrons. The Morgan fingerprint density at radius 2 is 2.11 bits per heavy atom. The van der Waals surface area contributed by atoms with Crippen molar-refractivity contribution < 1.29 is 23.8 Å². The Bertz CT molecular complexity index is 476. The molecule has 1 rings (SSSR count). The fourth-order valence-electron chi connectivity index (χ4n) is 1.58. The van der Waals surface area contributed by atoms with Crippen molar-refractivity contribution in [1.29, 1.82) is 0 Å². The summed E-state index contributed by atoms with van der Waals surface area (Å²) in [5.74, 6) is -1.44. The van der Waals surface area contributed by atoms with Crippen molar-refractivity contribution in [2.45, 2.75) is 12.8 Å². The minimum atomic E-state index is -1.08. The minimum Gasteiger partial charge on any atom is -0.497 e. The normalized spacial score (nSPS) is 10.1. The van der Waals surface area contributed by atoms with Crippen molar-refractivity contribution >= 4 is 11.9 Å². The number of carboxylic acid groups (broad SMARTS) is 1. The fourth-order valence-corrected chi connectivity index (χ4v) is 1.58. The molecule has 1 aromatic rings. The summed E-state index contributed by atoms with van der Waals surface area (Å²) in [7, 11) is 2.85. The second-order valence-electron chi connectivity index (χ2n) is 4.10. The number of benzene rings is 1. The highest BCUT2D eigenvalue weighted by atomic mass is 19.1. The van der Waals surface area contributed by atoms with Gasteiger partial charge in [-0.3, -0.25) is 9.59 Å². The van der Waals surface area contributed by atoms with Crippen LogP contribution in [-0.2, 0) is 16.0 Å². The van der Waals surface area contributed by atoms with Crippen molar-refractivity contribution in [2.24, 2.45) is 0 Å². The van der Waals surface area contributed by atoms with Crippen molar-refractivity contribution in [2.75, 3.05) is 20.7 Å². The lowest BCUT2D eigenvalue weighted by Crippen LogP contribution is -2.32. The number of rotatable bonds is 6. The average molecular weight is 269 g/mol. The van der Waals surface area contributed by atoms with Crippen molar-refractivity contribution in [3.8, 4) is 5.75 Å². The number of aliphatic carboxylic acids is 1. The average Bonchev–Trinajstić information content (AvgIpc) is 2.35. The Labute approximate surface area is 110 Å². The monoisotopic (exact) mass is 269 g/mol. The second-order valence-corrected chi connectivity index (χ2v) is 4.10. The highest BCUT2D eigenvalue weighted by Crippen LogP contribution is 2.17. The third kappa shape index (κ3) is 4.57. The molecule has 0 heterocycles. The van der Waals surface area contributed by atoms with Gasteiger partial charge in [-0.1, -0.05) is 6.07 Å². The SMILES string of the molecule is COc1ccc(CCC(=O)N(C)CC(=O)O)c(F)c1. The molecule has 0 unspecified atom stereocenters. The zero-order valence-electron chi connectivity index (χ0n) is 10.9. The molecular weight excluding hydrogens is 253 g/mol. The number of methoxy groups -OCH3 is 1. The summed E-state index contributed by atoms with van der Waals surface area (Å²) in [5, 5.41) is 8.55. The molecule has 0 fully saturated rings. The molecule has 0 aliphatic heterocycles. The minimum absolute atomic E-state index is 0.0625. The molecule has 19 heavy (non-hydrogen) atoms. The number of aryl methyl sites for hydroxylation is 1. The molecular formula is C13H16FNO4. The van der Waals surface area contributed by atoms with E-state index in [1.54, 1.807) is 12.1 Å².